The Hall–Kier alpha value is -3.14. The zero-order valence-corrected chi connectivity index (χ0v) is 26.0. The van der Waals surface area contributed by atoms with Crippen LogP contribution in [0, 0.1) is 13.8 Å². The van der Waals surface area contributed by atoms with Gasteiger partial charge in [-0.25, -0.2) is 0 Å². The Kier molecular flexibility index (Phi) is 9.79. The van der Waals surface area contributed by atoms with E-state index in [1.54, 1.807) is 12.1 Å². The van der Waals surface area contributed by atoms with E-state index in [1.807, 2.05) is 62.4 Å². The molecule has 5 rings (SSSR count). The lowest BCUT2D eigenvalue weighted by atomic mass is 9.88. The molecule has 10 atom stereocenters. The standard InChI is InChI=1S/C34H42O12/c1-17-13-21(9-11-23(17)43-31-33(3,41)29(39)27(37)25(15-35)45-31)19-5-7-20(8-6-19)22-10-12-24(18(2)14-22)44-32-34(4,42)30(40)28(38)26(16-36)46-32/h5-14,25-32,35-42H,15-16H2,1-4H3/t25-,26-,27-,28-,29+,30+,31+,32+,33+,34+/m1/s1. The quantitative estimate of drug-likeness (QED) is 0.172. The Bertz CT molecular complexity index is 1390. The van der Waals surface area contributed by atoms with E-state index in [0.29, 0.717) is 11.5 Å². The first-order valence-electron chi connectivity index (χ1n) is 15.0. The molecule has 8 N–H and O–H groups in total. The second kappa shape index (κ2) is 13.2. The summed E-state index contributed by atoms with van der Waals surface area (Å²) in [5.41, 5.74) is 1.31. The summed E-state index contributed by atoms with van der Waals surface area (Å²) in [5.74, 6) is 0.808. The zero-order chi connectivity index (χ0) is 33.6. The van der Waals surface area contributed by atoms with Crippen LogP contribution >= 0.6 is 0 Å². The smallest absolute Gasteiger partial charge is 0.231 e. The fraction of sp³-hybridized carbons (Fsp3) is 0.471. The van der Waals surface area contributed by atoms with Crippen LogP contribution in [0.4, 0.5) is 0 Å². The molecule has 0 radical (unpaired) electrons. The highest BCUT2D eigenvalue weighted by molar-refractivity contribution is 5.72. The summed E-state index contributed by atoms with van der Waals surface area (Å²) < 4.78 is 22.9. The van der Waals surface area contributed by atoms with Gasteiger partial charge in [-0.3, -0.25) is 0 Å². The number of aliphatic hydroxyl groups is 8. The highest BCUT2D eigenvalue weighted by Gasteiger charge is 2.54. The monoisotopic (exact) mass is 642 g/mol. The molecule has 12 heteroatoms. The minimum atomic E-state index is -1.92. The van der Waals surface area contributed by atoms with Gasteiger partial charge in [0.05, 0.1) is 13.2 Å². The number of rotatable bonds is 8. The van der Waals surface area contributed by atoms with Crippen molar-refractivity contribution >= 4 is 0 Å². The summed E-state index contributed by atoms with van der Waals surface area (Å²) in [5, 5.41) is 81.5. The molecule has 0 spiro atoms. The van der Waals surface area contributed by atoms with Crippen molar-refractivity contribution in [2.24, 2.45) is 0 Å². The van der Waals surface area contributed by atoms with Crippen LogP contribution in [0.1, 0.15) is 25.0 Å². The number of hydrogen-bond acceptors (Lipinski definition) is 12. The summed E-state index contributed by atoms with van der Waals surface area (Å²) in [4.78, 5) is 0. The molecule has 46 heavy (non-hydrogen) atoms. The first-order chi connectivity index (χ1) is 21.7. The van der Waals surface area contributed by atoms with Crippen LogP contribution in [0.5, 0.6) is 11.5 Å². The molecule has 0 amide bonds. The van der Waals surface area contributed by atoms with Crippen molar-refractivity contribution in [2.45, 2.75) is 88.1 Å². The molecular weight excluding hydrogens is 600 g/mol. The van der Waals surface area contributed by atoms with E-state index >= 15 is 0 Å². The molecule has 12 nitrogen and oxygen atoms in total. The van der Waals surface area contributed by atoms with Gasteiger partial charge in [0, 0.05) is 0 Å². The van der Waals surface area contributed by atoms with Crippen LogP contribution in [0.15, 0.2) is 60.7 Å². The lowest BCUT2D eigenvalue weighted by Crippen LogP contribution is -2.66. The molecule has 3 aromatic carbocycles. The molecule has 0 bridgehead atoms. The van der Waals surface area contributed by atoms with Crippen LogP contribution < -0.4 is 9.47 Å². The van der Waals surface area contributed by atoms with Crippen LogP contribution in [-0.2, 0) is 9.47 Å². The third-order valence-corrected chi connectivity index (χ3v) is 8.89. The van der Waals surface area contributed by atoms with Gasteiger partial charge in [-0.05, 0) is 85.3 Å². The number of ether oxygens (including phenoxy) is 4. The first-order valence-corrected chi connectivity index (χ1v) is 15.0. The lowest BCUT2D eigenvalue weighted by molar-refractivity contribution is -0.314. The Morgan fingerprint density at radius 3 is 1.22 bits per heavy atom. The van der Waals surface area contributed by atoms with Gasteiger partial charge in [0.15, 0.2) is 11.2 Å². The van der Waals surface area contributed by atoms with Gasteiger partial charge in [-0.2, -0.15) is 0 Å². The molecule has 0 saturated carbocycles. The summed E-state index contributed by atoms with van der Waals surface area (Å²) in [6.07, 6.45) is -11.0. The largest absolute Gasteiger partial charge is 0.461 e. The van der Waals surface area contributed by atoms with Crippen molar-refractivity contribution in [2.75, 3.05) is 13.2 Å². The second-order valence-electron chi connectivity index (χ2n) is 12.5. The third kappa shape index (κ3) is 6.38. The van der Waals surface area contributed by atoms with E-state index < -0.39 is 73.6 Å². The van der Waals surface area contributed by atoms with Gasteiger partial charge in [-0.15, -0.1) is 0 Å². The molecular formula is C34H42O12. The van der Waals surface area contributed by atoms with Crippen LogP contribution in [0.2, 0.25) is 0 Å². The summed E-state index contributed by atoms with van der Waals surface area (Å²) in [7, 11) is 0. The summed E-state index contributed by atoms with van der Waals surface area (Å²) in [6.45, 7) is 5.15. The summed E-state index contributed by atoms with van der Waals surface area (Å²) >= 11 is 0. The van der Waals surface area contributed by atoms with E-state index in [4.69, 9.17) is 18.9 Å². The van der Waals surface area contributed by atoms with Gasteiger partial charge in [0.1, 0.15) is 48.1 Å². The molecule has 2 aliphatic heterocycles. The van der Waals surface area contributed by atoms with Crippen LogP contribution in [0.25, 0.3) is 22.3 Å². The summed E-state index contributed by atoms with van der Waals surface area (Å²) in [6, 6.07) is 18.8. The molecule has 250 valence electrons. The van der Waals surface area contributed by atoms with E-state index in [-0.39, 0.29) is 0 Å². The van der Waals surface area contributed by atoms with Crippen molar-refractivity contribution in [3.63, 3.8) is 0 Å². The minimum Gasteiger partial charge on any atom is -0.461 e. The van der Waals surface area contributed by atoms with Crippen LogP contribution in [-0.4, -0.2) is 114 Å². The Morgan fingerprint density at radius 1 is 0.587 bits per heavy atom. The van der Waals surface area contributed by atoms with E-state index in [9.17, 15) is 40.9 Å². The molecule has 0 aliphatic carbocycles. The number of benzene rings is 3. The van der Waals surface area contributed by atoms with Crippen LogP contribution in [0.3, 0.4) is 0 Å². The van der Waals surface area contributed by atoms with Crippen molar-refractivity contribution in [3.05, 3.63) is 71.8 Å². The van der Waals surface area contributed by atoms with Gasteiger partial charge >= 0.3 is 0 Å². The average Bonchev–Trinajstić information content (AvgIpc) is 3.03. The molecule has 2 saturated heterocycles. The predicted molar refractivity (Wildman–Crippen MR) is 165 cm³/mol. The maximum atomic E-state index is 10.8. The highest BCUT2D eigenvalue weighted by atomic mass is 16.7. The number of aliphatic hydroxyl groups excluding tert-OH is 6. The maximum Gasteiger partial charge on any atom is 0.231 e. The van der Waals surface area contributed by atoms with Gasteiger partial charge < -0.3 is 59.8 Å². The fourth-order valence-electron chi connectivity index (χ4n) is 5.74. The predicted octanol–water partition coefficient (Wildman–Crippen LogP) is 0.775. The molecule has 2 fully saturated rings. The number of aryl methyl sites for hydroxylation is 2. The molecule has 0 unspecified atom stereocenters. The van der Waals surface area contributed by atoms with E-state index in [0.717, 1.165) is 33.4 Å². The van der Waals surface area contributed by atoms with E-state index in [2.05, 4.69) is 0 Å². The average molecular weight is 643 g/mol. The Labute approximate surface area is 266 Å². The van der Waals surface area contributed by atoms with Crippen molar-refractivity contribution in [1.29, 1.82) is 0 Å². The molecule has 2 aliphatic rings. The normalized spacial score (nSPS) is 34.7. The molecule has 3 aromatic rings. The topological polar surface area (TPSA) is 199 Å². The Morgan fingerprint density at radius 2 is 0.913 bits per heavy atom. The van der Waals surface area contributed by atoms with Crippen molar-refractivity contribution < 1.29 is 59.8 Å². The van der Waals surface area contributed by atoms with Crippen molar-refractivity contribution in [3.8, 4) is 33.8 Å². The SMILES string of the molecule is Cc1cc(-c2ccc(-c3ccc(O[C@H]4O[C@H](CO)[C@@H](O)[C@H](O)[C@]4(C)O)c(C)c3)cc2)ccc1O[C@H]1O[C@H](CO)[C@@H](O)[C@H](O)[C@]1(C)O. The number of hydrogen-bond donors (Lipinski definition) is 8. The minimum absolute atomic E-state index is 0.404. The van der Waals surface area contributed by atoms with Gasteiger partial charge in [0.25, 0.3) is 0 Å². The molecule has 0 aromatic heterocycles. The third-order valence-electron chi connectivity index (χ3n) is 8.89. The van der Waals surface area contributed by atoms with Crippen molar-refractivity contribution in [1.82, 2.24) is 0 Å². The second-order valence-corrected chi connectivity index (χ2v) is 12.5. The van der Waals surface area contributed by atoms with E-state index in [1.165, 1.54) is 13.8 Å². The first kappa shape index (κ1) is 34.2. The van der Waals surface area contributed by atoms with Gasteiger partial charge in [-0.1, -0.05) is 36.4 Å². The fourth-order valence-corrected chi connectivity index (χ4v) is 5.74. The lowest BCUT2D eigenvalue weighted by Gasteiger charge is -2.45. The maximum absolute atomic E-state index is 10.8. The highest BCUT2D eigenvalue weighted by Crippen LogP contribution is 2.36. The Balaban J connectivity index is 1.28. The molecule has 2 heterocycles. The van der Waals surface area contributed by atoms with Gasteiger partial charge in [0.2, 0.25) is 12.6 Å². The zero-order valence-electron chi connectivity index (χ0n) is 26.0.